The molecule has 0 bridgehead atoms. The molecule has 1 aromatic carbocycles. The summed E-state index contributed by atoms with van der Waals surface area (Å²) in [6, 6.07) is 2.83. The van der Waals surface area contributed by atoms with E-state index in [4.69, 9.17) is 23.2 Å². The highest BCUT2D eigenvalue weighted by Gasteiger charge is 2.17. The average molecular weight is 290 g/mol. The standard InChI is InChI=1S/C11H9Cl2NO4/c1-6(14(16)17)5-8-9(12)4-3-7(10(8)13)11(15)18-2/h3-5H,1-2H3. The lowest BCUT2D eigenvalue weighted by Crippen LogP contribution is -2.03. The van der Waals surface area contributed by atoms with Crippen molar-refractivity contribution in [3.8, 4) is 0 Å². The van der Waals surface area contributed by atoms with E-state index in [9.17, 15) is 14.9 Å². The van der Waals surface area contributed by atoms with Crippen LogP contribution in [0.3, 0.4) is 0 Å². The lowest BCUT2D eigenvalue weighted by molar-refractivity contribution is -0.422. The van der Waals surface area contributed by atoms with Crippen LogP contribution < -0.4 is 0 Å². The van der Waals surface area contributed by atoms with E-state index in [0.29, 0.717) is 0 Å². The van der Waals surface area contributed by atoms with E-state index in [1.165, 1.54) is 32.2 Å². The minimum absolute atomic E-state index is 0.0237. The van der Waals surface area contributed by atoms with E-state index in [2.05, 4.69) is 4.74 Å². The van der Waals surface area contributed by atoms with Gasteiger partial charge >= 0.3 is 5.97 Å². The third-order valence-corrected chi connectivity index (χ3v) is 2.91. The monoisotopic (exact) mass is 289 g/mol. The largest absolute Gasteiger partial charge is 0.465 e. The number of nitro groups is 1. The first-order chi connectivity index (χ1) is 8.38. The molecule has 0 amide bonds. The van der Waals surface area contributed by atoms with Gasteiger partial charge in [-0.05, 0) is 12.1 Å². The maximum absolute atomic E-state index is 11.4. The fraction of sp³-hybridized carbons (Fsp3) is 0.182. The number of allylic oxidation sites excluding steroid dienone is 1. The normalized spacial score (nSPS) is 11.2. The second-order valence-corrected chi connectivity index (χ2v) is 4.14. The topological polar surface area (TPSA) is 69.4 Å². The average Bonchev–Trinajstić information content (AvgIpc) is 2.33. The summed E-state index contributed by atoms with van der Waals surface area (Å²) < 4.78 is 4.54. The zero-order valence-corrected chi connectivity index (χ0v) is 11.1. The summed E-state index contributed by atoms with van der Waals surface area (Å²) in [7, 11) is 1.21. The van der Waals surface area contributed by atoms with Gasteiger partial charge in [-0.25, -0.2) is 4.79 Å². The van der Waals surface area contributed by atoms with E-state index in [1.807, 2.05) is 0 Å². The Morgan fingerprint density at radius 3 is 2.56 bits per heavy atom. The molecule has 0 N–H and O–H groups in total. The van der Waals surface area contributed by atoms with Crippen LogP contribution in [-0.4, -0.2) is 18.0 Å². The fourth-order valence-electron chi connectivity index (χ4n) is 1.23. The predicted octanol–water partition coefficient (Wildman–Crippen LogP) is 3.42. The first-order valence-corrected chi connectivity index (χ1v) is 5.53. The van der Waals surface area contributed by atoms with E-state index in [1.54, 1.807) is 0 Å². The molecule has 96 valence electrons. The molecule has 0 aromatic heterocycles. The van der Waals surface area contributed by atoms with Crippen LogP contribution in [-0.2, 0) is 4.74 Å². The maximum Gasteiger partial charge on any atom is 0.339 e. The van der Waals surface area contributed by atoms with Gasteiger partial charge in [0.15, 0.2) is 0 Å². The zero-order valence-electron chi connectivity index (χ0n) is 9.57. The van der Waals surface area contributed by atoms with Crippen molar-refractivity contribution < 1.29 is 14.5 Å². The van der Waals surface area contributed by atoms with Crippen molar-refractivity contribution in [2.75, 3.05) is 7.11 Å². The minimum Gasteiger partial charge on any atom is -0.465 e. The summed E-state index contributed by atoms with van der Waals surface area (Å²) in [5.74, 6) is -0.634. The number of hydrogen-bond donors (Lipinski definition) is 0. The summed E-state index contributed by atoms with van der Waals surface area (Å²) in [6.07, 6.45) is 1.21. The van der Waals surface area contributed by atoms with Crippen LogP contribution in [0.2, 0.25) is 10.0 Å². The van der Waals surface area contributed by atoms with Crippen LogP contribution in [0.4, 0.5) is 0 Å². The highest BCUT2D eigenvalue weighted by Crippen LogP contribution is 2.30. The lowest BCUT2D eigenvalue weighted by Gasteiger charge is -2.07. The van der Waals surface area contributed by atoms with Crippen LogP contribution in [0.5, 0.6) is 0 Å². The predicted molar refractivity (Wildman–Crippen MR) is 68.4 cm³/mol. The lowest BCUT2D eigenvalue weighted by atomic mass is 10.1. The summed E-state index contributed by atoms with van der Waals surface area (Å²) in [6.45, 7) is 1.30. The number of halogens is 2. The molecule has 0 heterocycles. The van der Waals surface area contributed by atoms with Crippen LogP contribution >= 0.6 is 23.2 Å². The number of rotatable bonds is 3. The molecule has 0 fully saturated rings. The highest BCUT2D eigenvalue weighted by atomic mass is 35.5. The molecule has 1 rings (SSSR count). The summed E-state index contributed by atoms with van der Waals surface area (Å²) in [5.41, 5.74) is 0.183. The molecule has 0 saturated heterocycles. The Balaban J connectivity index is 3.40. The van der Waals surface area contributed by atoms with E-state index >= 15 is 0 Å². The van der Waals surface area contributed by atoms with Gasteiger partial charge in [-0.3, -0.25) is 10.1 Å². The number of methoxy groups -OCH3 is 1. The molecule has 0 aliphatic carbocycles. The molecule has 0 aliphatic rings. The van der Waals surface area contributed by atoms with E-state index in [-0.39, 0.29) is 26.9 Å². The van der Waals surface area contributed by atoms with Crippen molar-refractivity contribution in [3.05, 3.63) is 49.1 Å². The summed E-state index contributed by atoms with van der Waals surface area (Å²) in [4.78, 5) is 21.4. The number of carbonyl (C=O) groups is 1. The molecule has 0 radical (unpaired) electrons. The third-order valence-electron chi connectivity index (χ3n) is 2.17. The van der Waals surface area contributed by atoms with Crippen LogP contribution in [0.15, 0.2) is 17.8 Å². The Bertz CT molecular complexity index is 540. The maximum atomic E-state index is 11.4. The zero-order chi connectivity index (χ0) is 13.9. The Kier molecular flexibility index (Phi) is 4.69. The Hall–Kier alpha value is -1.59. The van der Waals surface area contributed by atoms with E-state index < -0.39 is 10.9 Å². The van der Waals surface area contributed by atoms with Crippen molar-refractivity contribution in [2.45, 2.75) is 6.92 Å². The van der Waals surface area contributed by atoms with Crippen molar-refractivity contribution in [3.63, 3.8) is 0 Å². The van der Waals surface area contributed by atoms with E-state index in [0.717, 1.165) is 0 Å². The molecule has 5 nitrogen and oxygen atoms in total. The highest BCUT2D eigenvalue weighted by molar-refractivity contribution is 6.39. The fourth-order valence-corrected chi connectivity index (χ4v) is 1.79. The number of ether oxygens (including phenoxy) is 1. The van der Waals surface area contributed by atoms with Crippen LogP contribution in [0.25, 0.3) is 6.08 Å². The van der Waals surface area contributed by atoms with Crippen LogP contribution in [0, 0.1) is 10.1 Å². The Labute approximate surface area is 113 Å². The van der Waals surface area contributed by atoms with Gasteiger partial charge < -0.3 is 4.74 Å². The molecular weight excluding hydrogens is 281 g/mol. The van der Waals surface area contributed by atoms with Gasteiger partial charge in [-0.2, -0.15) is 0 Å². The molecule has 0 aliphatic heterocycles. The summed E-state index contributed by atoms with van der Waals surface area (Å²) >= 11 is 11.9. The molecule has 0 unspecified atom stereocenters. The quantitative estimate of drug-likeness (QED) is 0.486. The number of esters is 1. The minimum atomic E-state index is -0.634. The van der Waals surface area contributed by atoms with Crippen molar-refractivity contribution in [1.29, 1.82) is 0 Å². The van der Waals surface area contributed by atoms with Gasteiger partial charge in [0.2, 0.25) is 5.70 Å². The molecule has 18 heavy (non-hydrogen) atoms. The van der Waals surface area contributed by atoms with Crippen molar-refractivity contribution in [2.24, 2.45) is 0 Å². The van der Waals surface area contributed by atoms with Gasteiger partial charge in [0.05, 0.1) is 22.6 Å². The Morgan fingerprint density at radius 1 is 1.44 bits per heavy atom. The Morgan fingerprint density at radius 2 is 2.06 bits per heavy atom. The third kappa shape index (κ3) is 3.00. The summed E-state index contributed by atoms with van der Waals surface area (Å²) in [5, 5.41) is 10.8. The second kappa shape index (κ2) is 5.84. The molecular formula is C11H9Cl2NO4. The van der Waals surface area contributed by atoms with Gasteiger partial charge in [0, 0.05) is 23.6 Å². The second-order valence-electron chi connectivity index (χ2n) is 3.36. The number of carbonyl (C=O) groups excluding carboxylic acids is 1. The van der Waals surface area contributed by atoms with Gasteiger partial charge in [-0.1, -0.05) is 23.2 Å². The van der Waals surface area contributed by atoms with Gasteiger partial charge in [0.1, 0.15) is 0 Å². The molecule has 7 heteroatoms. The molecule has 0 saturated carbocycles. The number of benzene rings is 1. The molecule has 1 aromatic rings. The van der Waals surface area contributed by atoms with Crippen molar-refractivity contribution in [1.82, 2.24) is 0 Å². The van der Waals surface area contributed by atoms with Crippen molar-refractivity contribution >= 4 is 35.2 Å². The number of nitrogens with zero attached hydrogens (tertiary/aromatic N) is 1. The molecule has 0 spiro atoms. The molecule has 0 atom stereocenters. The van der Waals surface area contributed by atoms with Gasteiger partial charge in [0.25, 0.3) is 0 Å². The smallest absolute Gasteiger partial charge is 0.339 e. The SMILES string of the molecule is COC(=O)c1ccc(Cl)c(C=C(C)[N+](=O)[O-])c1Cl. The first kappa shape index (κ1) is 14.5. The first-order valence-electron chi connectivity index (χ1n) is 4.77. The number of hydrogen-bond acceptors (Lipinski definition) is 4. The van der Waals surface area contributed by atoms with Crippen LogP contribution in [0.1, 0.15) is 22.8 Å². The van der Waals surface area contributed by atoms with Gasteiger partial charge in [-0.15, -0.1) is 0 Å².